The third-order valence-electron chi connectivity index (χ3n) is 3.54. The number of unbranched alkanes of at least 4 members (excludes halogenated alkanes) is 2. The number of amides is 1. The van der Waals surface area contributed by atoms with Crippen LogP contribution in [0.15, 0.2) is 60.7 Å². The zero-order valence-electron chi connectivity index (χ0n) is 12.4. The van der Waals surface area contributed by atoms with E-state index in [0.29, 0.717) is 13.0 Å². The van der Waals surface area contributed by atoms with Crippen molar-refractivity contribution >= 4 is 5.91 Å². The van der Waals surface area contributed by atoms with Crippen molar-refractivity contribution < 1.29 is 4.79 Å². The molecule has 0 fully saturated rings. The Morgan fingerprint density at radius 3 is 2.05 bits per heavy atom. The van der Waals surface area contributed by atoms with E-state index in [1.165, 1.54) is 5.56 Å². The summed E-state index contributed by atoms with van der Waals surface area (Å²) in [6, 6.07) is 20.5. The SMILES string of the molecule is O=C(CCCCCc1ccccc1)NCc1ccccc1. The minimum atomic E-state index is 0.151. The molecule has 1 N–H and O–H groups in total. The van der Waals surface area contributed by atoms with Gasteiger partial charge in [0, 0.05) is 13.0 Å². The summed E-state index contributed by atoms with van der Waals surface area (Å²) in [7, 11) is 0. The normalized spacial score (nSPS) is 10.3. The second-order valence-corrected chi connectivity index (χ2v) is 5.31. The highest BCUT2D eigenvalue weighted by atomic mass is 16.1. The van der Waals surface area contributed by atoms with E-state index in [9.17, 15) is 4.79 Å². The number of benzene rings is 2. The minimum Gasteiger partial charge on any atom is -0.352 e. The number of carbonyl (C=O) groups excluding carboxylic acids is 1. The number of hydrogen-bond donors (Lipinski definition) is 1. The molecule has 2 nitrogen and oxygen atoms in total. The third kappa shape index (κ3) is 6.26. The van der Waals surface area contributed by atoms with Crippen molar-refractivity contribution in [2.45, 2.75) is 38.6 Å². The molecule has 0 aliphatic carbocycles. The maximum Gasteiger partial charge on any atom is 0.220 e. The largest absolute Gasteiger partial charge is 0.352 e. The molecule has 0 unspecified atom stereocenters. The van der Waals surface area contributed by atoms with Gasteiger partial charge in [0.2, 0.25) is 5.91 Å². The number of hydrogen-bond acceptors (Lipinski definition) is 1. The molecule has 110 valence electrons. The van der Waals surface area contributed by atoms with E-state index in [2.05, 4.69) is 29.6 Å². The first-order valence-corrected chi connectivity index (χ1v) is 7.69. The lowest BCUT2D eigenvalue weighted by Gasteiger charge is -2.05. The van der Waals surface area contributed by atoms with Gasteiger partial charge in [0.25, 0.3) is 0 Å². The summed E-state index contributed by atoms with van der Waals surface area (Å²) in [6.45, 7) is 0.629. The lowest BCUT2D eigenvalue weighted by Crippen LogP contribution is -2.22. The standard InChI is InChI=1S/C19H23NO/c21-19(20-16-18-13-7-2-8-14-18)15-9-3-6-12-17-10-4-1-5-11-17/h1-2,4-5,7-8,10-11,13-14H,3,6,9,12,15-16H2,(H,20,21). The van der Waals surface area contributed by atoms with Crippen molar-refractivity contribution in [3.63, 3.8) is 0 Å². The van der Waals surface area contributed by atoms with E-state index in [-0.39, 0.29) is 5.91 Å². The molecular weight excluding hydrogens is 258 g/mol. The van der Waals surface area contributed by atoms with E-state index >= 15 is 0 Å². The lowest BCUT2D eigenvalue weighted by molar-refractivity contribution is -0.121. The molecule has 0 aliphatic rings. The fourth-order valence-corrected chi connectivity index (χ4v) is 2.32. The van der Waals surface area contributed by atoms with Crippen molar-refractivity contribution in [3.8, 4) is 0 Å². The highest BCUT2D eigenvalue weighted by molar-refractivity contribution is 5.75. The van der Waals surface area contributed by atoms with Crippen molar-refractivity contribution in [1.82, 2.24) is 5.32 Å². The molecule has 2 aromatic carbocycles. The molecular formula is C19H23NO. The number of nitrogens with one attached hydrogen (secondary N) is 1. The van der Waals surface area contributed by atoms with Gasteiger partial charge in [-0.15, -0.1) is 0 Å². The van der Waals surface area contributed by atoms with Crippen LogP contribution in [0.3, 0.4) is 0 Å². The Morgan fingerprint density at radius 2 is 1.38 bits per heavy atom. The Bertz CT molecular complexity index is 522. The first kappa shape index (κ1) is 15.3. The van der Waals surface area contributed by atoms with Crippen LogP contribution in [-0.2, 0) is 17.8 Å². The summed E-state index contributed by atoms with van der Waals surface area (Å²) in [4.78, 5) is 11.7. The van der Waals surface area contributed by atoms with Gasteiger partial charge in [-0.05, 0) is 30.4 Å². The quantitative estimate of drug-likeness (QED) is 0.725. The van der Waals surface area contributed by atoms with E-state index in [0.717, 1.165) is 31.2 Å². The van der Waals surface area contributed by atoms with Gasteiger partial charge in [-0.2, -0.15) is 0 Å². The summed E-state index contributed by atoms with van der Waals surface area (Å²) < 4.78 is 0. The number of carbonyl (C=O) groups is 1. The Labute approximate surface area is 127 Å². The molecule has 0 bridgehead atoms. The van der Waals surface area contributed by atoms with Crippen molar-refractivity contribution in [1.29, 1.82) is 0 Å². The zero-order valence-corrected chi connectivity index (χ0v) is 12.4. The van der Waals surface area contributed by atoms with Crippen LogP contribution in [0, 0.1) is 0 Å². The summed E-state index contributed by atoms with van der Waals surface area (Å²) in [6.07, 6.45) is 4.95. The highest BCUT2D eigenvalue weighted by Crippen LogP contribution is 2.07. The van der Waals surface area contributed by atoms with Crippen LogP contribution in [0.1, 0.15) is 36.8 Å². The molecule has 0 aromatic heterocycles. The van der Waals surface area contributed by atoms with Gasteiger partial charge in [0.15, 0.2) is 0 Å². The molecule has 21 heavy (non-hydrogen) atoms. The molecule has 1 amide bonds. The molecule has 0 radical (unpaired) electrons. The van der Waals surface area contributed by atoms with Crippen LogP contribution in [0.5, 0.6) is 0 Å². The molecule has 2 rings (SSSR count). The van der Waals surface area contributed by atoms with Crippen molar-refractivity contribution in [2.75, 3.05) is 0 Å². The Hall–Kier alpha value is -2.09. The van der Waals surface area contributed by atoms with Gasteiger partial charge in [0.1, 0.15) is 0 Å². The minimum absolute atomic E-state index is 0.151. The average Bonchev–Trinajstić information content (AvgIpc) is 2.54. The predicted octanol–water partition coefficient (Wildman–Crippen LogP) is 4.11. The van der Waals surface area contributed by atoms with Gasteiger partial charge in [-0.1, -0.05) is 67.1 Å². The summed E-state index contributed by atoms with van der Waals surface area (Å²) in [5.74, 6) is 0.151. The lowest BCUT2D eigenvalue weighted by atomic mass is 10.1. The predicted molar refractivity (Wildman–Crippen MR) is 86.9 cm³/mol. The van der Waals surface area contributed by atoms with Gasteiger partial charge in [-0.3, -0.25) is 4.79 Å². The Morgan fingerprint density at radius 1 is 0.762 bits per heavy atom. The first-order chi connectivity index (χ1) is 10.3. The third-order valence-corrected chi connectivity index (χ3v) is 3.54. The topological polar surface area (TPSA) is 29.1 Å². The Kier molecular flexibility index (Phi) is 6.53. The summed E-state index contributed by atoms with van der Waals surface area (Å²) in [5, 5.41) is 2.97. The summed E-state index contributed by atoms with van der Waals surface area (Å²) >= 11 is 0. The second-order valence-electron chi connectivity index (χ2n) is 5.31. The number of aryl methyl sites for hydroxylation is 1. The fraction of sp³-hybridized carbons (Fsp3) is 0.316. The molecule has 0 spiro atoms. The van der Waals surface area contributed by atoms with Crippen molar-refractivity contribution in [3.05, 3.63) is 71.8 Å². The zero-order chi connectivity index (χ0) is 14.8. The monoisotopic (exact) mass is 281 g/mol. The fourth-order valence-electron chi connectivity index (χ4n) is 2.32. The molecule has 2 heteroatoms. The maximum atomic E-state index is 11.7. The number of rotatable bonds is 8. The van der Waals surface area contributed by atoms with Crippen LogP contribution >= 0.6 is 0 Å². The van der Waals surface area contributed by atoms with Crippen LogP contribution in [0.4, 0.5) is 0 Å². The van der Waals surface area contributed by atoms with Crippen LogP contribution < -0.4 is 5.32 Å². The van der Waals surface area contributed by atoms with E-state index in [4.69, 9.17) is 0 Å². The smallest absolute Gasteiger partial charge is 0.220 e. The highest BCUT2D eigenvalue weighted by Gasteiger charge is 2.01. The van der Waals surface area contributed by atoms with Gasteiger partial charge < -0.3 is 5.32 Å². The second kappa shape index (κ2) is 8.96. The van der Waals surface area contributed by atoms with Crippen LogP contribution in [0.25, 0.3) is 0 Å². The maximum absolute atomic E-state index is 11.7. The van der Waals surface area contributed by atoms with Crippen molar-refractivity contribution in [2.24, 2.45) is 0 Å². The van der Waals surface area contributed by atoms with Gasteiger partial charge >= 0.3 is 0 Å². The van der Waals surface area contributed by atoms with Crippen LogP contribution in [0.2, 0.25) is 0 Å². The van der Waals surface area contributed by atoms with E-state index in [1.807, 2.05) is 36.4 Å². The molecule has 0 saturated heterocycles. The molecule has 0 saturated carbocycles. The van der Waals surface area contributed by atoms with Crippen LogP contribution in [-0.4, -0.2) is 5.91 Å². The molecule has 2 aromatic rings. The van der Waals surface area contributed by atoms with E-state index < -0.39 is 0 Å². The molecule has 0 heterocycles. The van der Waals surface area contributed by atoms with Gasteiger partial charge in [-0.25, -0.2) is 0 Å². The molecule has 0 aliphatic heterocycles. The average molecular weight is 281 g/mol. The molecule has 0 atom stereocenters. The summed E-state index contributed by atoms with van der Waals surface area (Å²) in [5.41, 5.74) is 2.53. The van der Waals surface area contributed by atoms with Gasteiger partial charge in [0.05, 0.1) is 0 Å². The Balaban J connectivity index is 1.53. The first-order valence-electron chi connectivity index (χ1n) is 7.69. The van der Waals surface area contributed by atoms with E-state index in [1.54, 1.807) is 0 Å².